The third kappa shape index (κ3) is 1.98. The molecular weight excluding hydrogens is 184 g/mol. The van der Waals surface area contributed by atoms with Gasteiger partial charge in [-0.15, -0.1) is 0 Å². The Balaban J connectivity index is 2.31. The van der Waals surface area contributed by atoms with Crippen molar-refractivity contribution in [1.29, 1.82) is 0 Å². The van der Waals surface area contributed by atoms with Gasteiger partial charge in [-0.1, -0.05) is 30.3 Å². The second kappa shape index (κ2) is 3.75. The maximum atomic E-state index is 11.2. The van der Waals surface area contributed by atoms with E-state index in [-0.39, 0.29) is 0 Å². The first-order valence-corrected chi connectivity index (χ1v) is 5.52. The van der Waals surface area contributed by atoms with E-state index in [0.717, 1.165) is 11.3 Å². The molecule has 0 bridgehead atoms. The summed E-state index contributed by atoms with van der Waals surface area (Å²) < 4.78 is 16.6. The Kier molecular flexibility index (Phi) is 2.45. The molecule has 0 aliphatic carbocycles. The second-order valence-corrected chi connectivity index (χ2v) is 4.19. The van der Waals surface area contributed by atoms with E-state index in [2.05, 4.69) is 0 Å². The fourth-order valence-corrected chi connectivity index (χ4v) is 2.01. The van der Waals surface area contributed by atoms with Crippen molar-refractivity contribution in [2.45, 2.75) is 0 Å². The van der Waals surface area contributed by atoms with E-state index in [4.69, 9.17) is 4.74 Å². The van der Waals surface area contributed by atoms with Gasteiger partial charge >= 0.3 is 0 Å². The quantitative estimate of drug-likeness (QED) is 0.681. The molecule has 0 saturated carbocycles. The Bertz CT molecular complexity index is 343. The van der Waals surface area contributed by atoms with Gasteiger partial charge in [0, 0.05) is 11.0 Å². The number of hydrogen-bond donors (Lipinski definition) is 0. The Morgan fingerprint density at radius 1 is 1.23 bits per heavy atom. The molecule has 0 spiro atoms. The second-order valence-electron chi connectivity index (χ2n) is 2.78. The molecule has 1 atom stereocenters. The normalized spacial score (nSPS) is 21.8. The maximum Gasteiger partial charge on any atom is 0.135 e. The zero-order valence-corrected chi connectivity index (χ0v) is 7.92. The molecule has 13 heavy (non-hydrogen) atoms. The van der Waals surface area contributed by atoms with Crippen molar-refractivity contribution in [1.82, 2.24) is 0 Å². The van der Waals surface area contributed by atoms with Gasteiger partial charge in [-0.2, -0.15) is 0 Å². The van der Waals surface area contributed by atoms with E-state index >= 15 is 0 Å². The summed E-state index contributed by atoms with van der Waals surface area (Å²) in [6.45, 7) is 0.549. The number of benzene rings is 1. The first-order valence-electron chi connectivity index (χ1n) is 4.13. The highest BCUT2D eigenvalue weighted by molar-refractivity contribution is 7.88. The average molecular weight is 194 g/mol. The predicted molar refractivity (Wildman–Crippen MR) is 53.4 cm³/mol. The zero-order valence-electron chi connectivity index (χ0n) is 7.10. The lowest BCUT2D eigenvalue weighted by molar-refractivity contribution is 0.298. The number of rotatable bonds is 1. The first-order chi connectivity index (χ1) is 6.36. The van der Waals surface area contributed by atoms with Gasteiger partial charge in [0.15, 0.2) is 0 Å². The highest BCUT2D eigenvalue weighted by Gasteiger charge is 2.10. The van der Waals surface area contributed by atoms with Crippen LogP contribution >= 0.6 is 0 Å². The summed E-state index contributed by atoms with van der Waals surface area (Å²) in [7, 11) is -0.858. The van der Waals surface area contributed by atoms with E-state index in [1.807, 2.05) is 30.3 Å². The molecule has 1 aliphatic rings. The van der Waals surface area contributed by atoms with E-state index < -0.39 is 10.8 Å². The van der Waals surface area contributed by atoms with E-state index in [1.165, 1.54) is 0 Å². The van der Waals surface area contributed by atoms with Crippen molar-refractivity contribution in [2.24, 2.45) is 0 Å². The summed E-state index contributed by atoms with van der Waals surface area (Å²) >= 11 is 0. The first kappa shape index (κ1) is 8.51. The summed E-state index contributed by atoms with van der Waals surface area (Å²) in [6.07, 6.45) is 0. The molecular formula is C10H10O2S. The zero-order chi connectivity index (χ0) is 9.10. The van der Waals surface area contributed by atoms with Gasteiger partial charge in [-0.3, -0.25) is 4.21 Å². The third-order valence-electron chi connectivity index (χ3n) is 1.84. The number of hydrogen-bond acceptors (Lipinski definition) is 2. The molecule has 0 N–H and O–H groups in total. The Labute approximate surface area is 79.7 Å². The van der Waals surface area contributed by atoms with Crippen molar-refractivity contribution in [2.75, 3.05) is 12.4 Å². The van der Waals surface area contributed by atoms with E-state index in [9.17, 15) is 4.21 Å². The molecule has 1 aromatic carbocycles. The predicted octanol–water partition coefficient (Wildman–Crippen LogP) is 1.76. The summed E-state index contributed by atoms with van der Waals surface area (Å²) in [5.74, 6) is 1.35. The summed E-state index contributed by atoms with van der Waals surface area (Å²) in [4.78, 5) is 0. The lowest BCUT2D eigenvalue weighted by atomic mass is 10.2. The van der Waals surface area contributed by atoms with Gasteiger partial charge in [0.1, 0.15) is 12.4 Å². The van der Waals surface area contributed by atoms with Gasteiger partial charge in [0.25, 0.3) is 0 Å². The van der Waals surface area contributed by atoms with E-state index in [1.54, 1.807) is 5.41 Å². The van der Waals surface area contributed by atoms with Crippen molar-refractivity contribution >= 4 is 16.6 Å². The molecule has 1 aliphatic heterocycles. The molecule has 0 radical (unpaired) electrons. The molecule has 0 aromatic heterocycles. The highest BCUT2D eigenvalue weighted by atomic mass is 32.2. The standard InChI is InChI=1S/C10H10O2S/c11-13-7-6-12-10(8-13)9-4-2-1-3-5-9/h1-5,8H,6-7H2. The minimum atomic E-state index is -0.858. The highest BCUT2D eigenvalue weighted by Crippen LogP contribution is 2.18. The van der Waals surface area contributed by atoms with Crippen LogP contribution in [0, 0.1) is 0 Å². The van der Waals surface area contributed by atoms with Crippen molar-refractivity contribution in [3.8, 4) is 0 Å². The van der Waals surface area contributed by atoms with Crippen LogP contribution in [-0.4, -0.2) is 16.6 Å². The molecule has 0 fully saturated rings. The van der Waals surface area contributed by atoms with Gasteiger partial charge in [0.2, 0.25) is 0 Å². The molecule has 2 nitrogen and oxygen atoms in total. The Morgan fingerprint density at radius 2 is 2.00 bits per heavy atom. The lowest BCUT2D eigenvalue weighted by Gasteiger charge is -2.14. The molecule has 1 heterocycles. The van der Waals surface area contributed by atoms with E-state index in [0.29, 0.717) is 12.4 Å². The molecule has 0 amide bonds. The Hall–Kier alpha value is -1.09. The van der Waals surface area contributed by atoms with Crippen LogP contribution < -0.4 is 0 Å². The molecule has 2 rings (SSSR count). The minimum absolute atomic E-state index is 0.549. The van der Waals surface area contributed by atoms with Crippen LogP contribution in [0.25, 0.3) is 5.76 Å². The van der Waals surface area contributed by atoms with Crippen LogP contribution in [0.3, 0.4) is 0 Å². The minimum Gasteiger partial charge on any atom is -0.491 e. The van der Waals surface area contributed by atoms with Gasteiger partial charge < -0.3 is 4.74 Å². The largest absolute Gasteiger partial charge is 0.491 e. The molecule has 68 valence electrons. The van der Waals surface area contributed by atoms with Crippen molar-refractivity contribution in [3.05, 3.63) is 41.3 Å². The average Bonchev–Trinajstić information content (AvgIpc) is 2.19. The summed E-state index contributed by atoms with van der Waals surface area (Å²) in [5.41, 5.74) is 0.996. The molecule has 1 aromatic rings. The maximum absolute atomic E-state index is 11.2. The fourth-order valence-electron chi connectivity index (χ4n) is 1.20. The van der Waals surface area contributed by atoms with Crippen LogP contribution in [-0.2, 0) is 15.5 Å². The number of ether oxygens (including phenoxy) is 1. The topological polar surface area (TPSA) is 26.3 Å². The molecule has 0 saturated heterocycles. The smallest absolute Gasteiger partial charge is 0.135 e. The molecule has 1 unspecified atom stereocenters. The molecule has 3 heteroatoms. The van der Waals surface area contributed by atoms with Gasteiger partial charge in [0.05, 0.1) is 16.6 Å². The summed E-state index contributed by atoms with van der Waals surface area (Å²) in [6, 6.07) is 9.74. The Morgan fingerprint density at radius 3 is 2.69 bits per heavy atom. The third-order valence-corrected chi connectivity index (χ3v) is 2.88. The van der Waals surface area contributed by atoms with Crippen LogP contribution in [0.2, 0.25) is 0 Å². The van der Waals surface area contributed by atoms with Crippen LogP contribution in [0.15, 0.2) is 35.7 Å². The van der Waals surface area contributed by atoms with Gasteiger partial charge in [-0.05, 0) is 0 Å². The fraction of sp³-hybridized carbons (Fsp3) is 0.200. The van der Waals surface area contributed by atoms with Crippen molar-refractivity contribution in [3.63, 3.8) is 0 Å². The monoisotopic (exact) mass is 194 g/mol. The van der Waals surface area contributed by atoms with Gasteiger partial charge in [-0.25, -0.2) is 0 Å². The van der Waals surface area contributed by atoms with Crippen LogP contribution in [0.1, 0.15) is 5.56 Å². The van der Waals surface area contributed by atoms with Crippen LogP contribution in [0.4, 0.5) is 0 Å². The summed E-state index contributed by atoms with van der Waals surface area (Å²) in [5, 5.41) is 1.68. The van der Waals surface area contributed by atoms with Crippen LogP contribution in [0.5, 0.6) is 0 Å². The van der Waals surface area contributed by atoms with Crippen molar-refractivity contribution < 1.29 is 8.95 Å². The SMILES string of the molecule is O=S1C=C(c2ccccc2)OCC1. The lowest BCUT2D eigenvalue weighted by Crippen LogP contribution is -2.10.